The number of methoxy groups -OCH3 is 1. The van der Waals surface area contributed by atoms with E-state index in [1.807, 2.05) is 0 Å². The summed E-state index contributed by atoms with van der Waals surface area (Å²) >= 11 is 0. The van der Waals surface area contributed by atoms with Crippen LogP contribution in [0.3, 0.4) is 0 Å². The molecule has 2 N–H and O–H groups in total. The van der Waals surface area contributed by atoms with Gasteiger partial charge in [0.1, 0.15) is 0 Å². The van der Waals surface area contributed by atoms with Crippen molar-refractivity contribution in [3.8, 4) is 11.5 Å². The molecule has 0 unspecified atom stereocenters. The van der Waals surface area contributed by atoms with Gasteiger partial charge in [0.05, 0.1) is 24.7 Å². The summed E-state index contributed by atoms with van der Waals surface area (Å²) in [6.45, 7) is 1.23. The summed E-state index contributed by atoms with van der Waals surface area (Å²) in [6, 6.07) is 4.31. The number of benzene rings is 1. The van der Waals surface area contributed by atoms with Crippen molar-refractivity contribution in [1.82, 2.24) is 0 Å². The van der Waals surface area contributed by atoms with Crippen molar-refractivity contribution in [3.63, 3.8) is 0 Å². The predicted molar refractivity (Wildman–Crippen MR) is 68.0 cm³/mol. The van der Waals surface area contributed by atoms with Gasteiger partial charge in [0.2, 0.25) is 0 Å². The number of nitrogens with two attached hydrogens (primary N) is 1. The van der Waals surface area contributed by atoms with Crippen LogP contribution in [0.5, 0.6) is 11.5 Å². The van der Waals surface area contributed by atoms with Crippen LogP contribution in [0.1, 0.15) is 19.3 Å². The molecule has 0 aliphatic heterocycles. The second kappa shape index (κ2) is 7.50. The zero-order valence-corrected chi connectivity index (χ0v) is 10.4. The Morgan fingerprint density at radius 3 is 2.67 bits per heavy atom. The smallest absolute Gasteiger partial charge is 0.273 e. The summed E-state index contributed by atoms with van der Waals surface area (Å²) in [7, 11) is 1.46. The van der Waals surface area contributed by atoms with Crippen LogP contribution < -0.4 is 15.2 Å². The molecule has 0 heterocycles. The zero-order valence-electron chi connectivity index (χ0n) is 10.4. The number of nitro groups is 1. The van der Waals surface area contributed by atoms with Crippen LogP contribution in [0.25, 0.3) is 0 Å². The molecule has 0 radical (unpaired) electrons. The molecule has 100 valence electrons. The van der Waals surface area contributed by atoms with Gasteiger partial charge in [0.15, 0.2) is 11.5 Å². The van der Waals surface area contributed by atoms with Gasteiger partial charge in [-0.05, 0) is 31.9 Å². The van der Waals surface area contributed by atoms with E-state index < -0.39 is 4.92 Å². The van der Waals surface area contributed by atoms with Gasteiger partial charge in [-0.15, -0.1) is 0 Å². The summed E-state index contributed by atoms with van der Waals surface area (Å²) < 4.78 is 10.6. The normalized spacial score (nSPS) is 10.1. The fraction of sp³-hybridized carbons (Fsp3) is 0.500. The first kappa shape index (κ1) is 14.2. The topological polar surface area (TPSA) is 87.6 Å². The summed E-state index contributed by atoms with van der Waals surface area (Å²) in [5, 5.41) is 10.6. The molecule has 0 aromatic heterocycles. The number of nitrogens with zero attached hydrogens (tertiary/aromatic N) is 1. The third kappa shape index (κ3) is 4.21. The fourth-order valence-corrected chi connectivity index (χ4v) is 1.49. The number of hydrogen-bond acceptors (Lipinski definition) is 5. The average molecular weight is 254 g/mol. The molecule has 0 atom stereocenters. The second-order valence-electron chi connectivity index (χ2n) is 3.79. The number of rotatable bonds is 8. The van der Waals surface area contributed by atoms with Crippen LogP contribution >= 0.6 is 0 Å². The first-order chi connectivity index (χ1) is 8.69. The maximum atomic E-state index is 10.6. The molecule has 0 bridgehead atoms. The molecule has 1 rings (SSSR count). The van der Waals surface area contributed by atoms with Crippen LogP contribution in [0.15, 0.2) is 18.2 Å². The van der Waals surface area contributed by atoms with Gasteiger partial charge in [-0.25, -0.2) is 0 Å². The molecule has 0 saturated heterocycles. The van der Waals surface area contributed by atoms with E-state index in [9.17, 15) is 10.1 Å². The minimum absolute atomic E-state index is 0.0117. The summed E-state index contributed by atoms with van der Waals surface area (Å²) in [6.07, 6.45) is 2.88. The molecular weight excluding hydrogens is 236 g/mol. The Bertz CT molecular complexity index is 396. The van der Waals surface area contributed by atoms with E-state index in [4.69, 9.17) is 15.2 Å². The number of hydrogen-bond donors (Lipinski definition) is 1. The molecule has 18 heavy (non-hydrogen) atoms. The van der Waals surface area contributed by atoms with Gasteiger partial charge in [0, 0.05) is 6.07 Å². The summed E-state index contributed by atoms with van der Waals surface area (Å²) in [5.74, 6) is 0.902. The highest BCUT2D eigenvalue weighted by Crippen LogP contribution is 2.31. The number of nitro benzene ring substituents is 1. The van der Waals surface area contributed by atoms with E-state index in [2.05, 4.69) is 0 Å². The van der Waals surface area contributed by atoms with Crippen molar-refractivity contribution in [3.05, 3.63) is 28.3 Å². The van der Waals surface area contributed by atoms with Gasteiger partial charge in [0.25, 0.3) is 5.69 Å². The van der Waals surface area contributed by atoms with E-state index >= 15 is 0 Å². The molecular formula is C12H18N2O4. The molecule has 1 aromatic carbocycles. The molecule has 6 nitrogen and oxygen atoms in total. The predicted octanol–water partition coefficient (Wildman–Crippen LogP) is 2.11. The number of unbranched alkanes of at least 4 members (excludes halogenated alkanes) is 2. The van der Waals surface area contributed by atoms with Gasteiger partial charge in [-0.3, -0.25) is 10.1 Å². The Kier molecular flexibility index (Phi) is 5.93. The Labute approximate surface area is 106 Å². The van der Waals surface area contributed by atoms with Crippen molar-refractivity contribution in [2.24, 2.45) is 5.73 Å². The Morgan fingerprint density at radius 2 is 2.06 bits per heavy atom. The van der Waals surface area contributed by atoms with Crippen LogP contribution in [-0.4, -0.2) is 25.2 Å². The number of ether oxygens (including phenoxy) is 2. The highest BCUT2D eigenvalue weighted by atomic mass is 16.6. The van der Waals surface area contributed by atoms with E-state index in [-0.39, 0.29) is 5.69 Å². The highest BCUT2D eigenvalue weighted by Gasteiger charge is 2.11. The lowest BCUT2D eigenvalue weighted by molar-refractivity contribution is -0.384. The van der Waals surface area contributed by atoms with Crippen molar-refractivity contribution >= 4 is 5.69 Å². The van der Waals surface area contributed by atoms with Crippen molar-refractivity contribution < 1.29 is 14.4 Å². The van der Waals surface area contributed by atoms with Gasteiger partial charge >= 0.3 is 0 Å². The molecule has 0 aliphatic rings. The monoisotopic (exact) mass is 254 g/mol. The summed E-state index contributed by atoms with van der Waals surface area (Å²) in [5.41, 5.74) is 5.38. The lowest BCUT2D eigenvalue weighted by atomic mass is 10.2. The van der Waals surface area contributed by atoms with Crippen molar-refractivity contribution in [2.75, 3.05) is 20.3 Å². The van der Waals surface area contributed by atoms with E-state index in [1.165, 1.54) is 19.2 Å². The molecule has 0 amide bonds. The Balaban J connectivity index is 2.57. The quantitative estimate of drug-likeness (QED) is 0.436. The standard InChI is InChI=1S/C12H18N2O4/c1-17-12-9-10(14(15)16)5-6-11(12)18-8-4-2-3-7-13/h5-6,9H,2-4,7-8,13H2,1H3. The molecule has 6 heteroatoms. The SMILES string of the molecule is COc1cc([N+](=O)[O-])ccc1OCCCCCN. The van der Waals surface area contributed by atoms with Crippen LogP contribution in [-0.2, 0) is 0 Å². The number of non-ortho nitro benzene ring substituents is 1. The minimum Gasteiger partial charge on any atom is -0.493 e. The molecule has 0 saturated carbocycles. The highest BCUT2D eigenvalue weighted by molar-refractivity contribution is 5.48. The first-order valence-electron chi connectivity index (χ1n) is 5.84. The lowest BCUT2D eigenvalue weighted by Crippen LogP contribution is -2.02. The Hall–Kier alpha value is -1.82. The zero-order chi connectivity index (χ0) is 13.4. The van der Waals surface area contributed by atoms with Crippen molar-refractivity contribution in [1.29, 1.82) is 0 Å². The summed E-state index contributed by atoms with van der Waals surface area (Å²) in [4.78, 5) is 10.1. The van der Waals surface area contributed by atoms with E-state index in [0.717, 1.165) is 19.3 Å². The second-order valence-corrected chi connectivity index (χ2v) is 3.79. The molecule has 0 fully saturated rings. The Morgan fingerprint density at radius 1 is 1.28 bits per heavy atom. The lowest BCUT2D eigenvalue weighted by Gasteiger charge is -2.10. The van der Waals surface area contributed by atoms with E-state index in [1.54, 1.807) is 6.07 Å². The molecule has 0 aliphatic carbocycles. The van der Waals surface area contributed by atoms with Gasteiger partial charge < -0.3 is 15.2 Å². The van der Waals surface area contributed by atoms with Gasteiger partial charge in [-0.2, -0.15) is 0 Å². The maximum absolute atomic E-state index is 10.6. The minimum atomic E-state index is -0.465. The van der Waals surface area contributed by atoms with Crippen LogP contribution in [0.4, 0.5) is 5.69 Å². The van der Waals surface area contributed by atoms with Crippen molar-refractivity contribution in [2.45, 2.75) is 19.3 Å². The first-order valence-corrected chi connectivity index (χ1v) is 5.84. The third-order valence-electron chi connectivity index (χ3n) is 2.46. The third-order valence-corrected chi connectivity index (χ3v) is 2.46. The molecule has 1 aromatic rings. The molecule has 0 spiro atoms. The van der Waals surface area contributed by atoms with Gasteiger partial charge in [-0.1, -0.05) is 0 Å². The fourth-order valence-electron chi connectivity index (χ4n) is 1.49. The maximum Gasteiger partial charge on any atom is 0.273 e. The largest absolute Gasteiger partial charge is 0.493 e. The average Bonchev–Trinajstić information content (AvgIpc) is 2.38. The van der Waals surface area contributed by atoms with Crippen LogP contribution in [0.2, 0.25) is 0 Å². The van der Waals surface area contributed by atoms with Crippen LogP contribution in [0, 0.1) is 10.1 Å². The van der Waals surface area contributed by atoms with E-state index in [0.29, 0.717) is 24.7 Å².